The monoisotopic (exact) mass is 193 g/mol. The van der Waals surface area contributed by atoms with Crippen molar-refractivity contribution in [3.05, 3.63) is 18.2 Å². The topological polar surface area (TPSA) is 43.8 Å². The van der Waals surface area contributed by atoms with Crippen LogP contribution in [0.1, 0.15) is 44.3 Å². The zero-order chi connectivity index (χ0) is 9.97. The molecule has 0 aromatic carbocycles. The van der Waals surface area contributed by atoms with Crippen molar-refractivity contribution in [3.8, 4) is 0 Å². The lowest BCUT2D eigenvalue weighted by Gasteiger charge is -2.25. The average molecular weight is 193 g/mol. The number of nitrogens with two attached hydrogens (primary N) is 1. The van der Waals surface area contributed by atoms with E-state index in [-0.39, 0.29) is 6.04 Å². The Kier molecular flexibility index (Phi) is 2.87. The minimum absolute atomic E-state index is 0.0962. The van der Waals surface area contributed by atoms with Crippen LogP contribution in [0.4, 0.5) is 0 Å². The standard InChI is InChI=1S/C11H19N3/c1-9(12)11-7-13-8-14(11)6-5-10-3-2-4-10/h7-10H,2-6,12H2,1H3/t9-/m1/s1. The minimum Gasteiger partial charge on any atom is -0.333 e. The molecule has 3 heteroatoms. The van der Waals surface area contributed by atoms with Crippen LogP contribution in [0.15, 0.2) is 12.5 Å². The van der Waals surface area contributed by atoms with E-state index >= 15 is 0 Å². The van der Waals surface area contributed by atoms with Gasteiger partial charge < -0.3 is 10.3 Å². The molecule has 1 saturated carbocycles. The van der Waals surface area contributed by atoms with Gasteiger partial charge in [0.2, 0.25) is 0 Å². The van der Waals surface area contributed by atoms with Gasteiger partial charge in [0.25, 0.3) is 0 Å². The van der Waals surface area contributed by atoms with Gasteiger partial charge in [0, 0.05) is 18.8 Å². The van der Waals surface area contributed by atoms with E-state index in [0.29, 0.717) is 0 Å². The Bertz CT molecular complexity index is 286. The number of aromatic nitrogens is 2. The van der Waals surface area contributed by atoms with Crippen molar-refractivity contribution in [2.75, 3.05) is 0 Å². The van der Waals surface area contributed by atoms with Crippen LogP contribution in [-0.2, 0) is 6.54 Å². The lowest BCUT2D eigenvalue weighted by atomic mass is 9.83. The van der Waals surface area contributed by atoms with Crippen LogP contribution in [0.2, 0.25) is 0 Å². The van der Waals surface area contributed by atoms with Crippen molar-refractivity contribution >= 4 is 0 Å². The summed E-state index contributed by atoms with van der Waals surface area (Å²) in [5.41, 5.74) is 7.01. The summed E-state index contributed by atoms with van der Waals surface area (Å²) in [6.07, 6.45) is 9.33. The summed E-state index contributed by atoms with van der Waals surface area (Å²) in [6, 6.07) is 0.0962. The van der Waals surface area contributed by atoms with Gasteiger partial charge in [0.05, 0.1) is 12.0 Å². The van der Waals surface area contributed by atoms with Crippen LogP contribution < -0.4 is 5.73 Å². The van der Waals surface area contributed by atoms with Crippen LogP contribution in [0.5, 0.6) is 0 Å². The van der Waals surface area contributed by atoms with Gasteiger partial charge >= 0.3 is 0 Å². The zero-order valence-corrected chi connectivity index (χ0v) is 8.82. The van der Waals surface area contributed by atoms with Crippen molar-refractivity contribution < 1.29 is 0 Å². The second kappa shape index (κ2) is 4.13. The third-order valence-corrected chi connectivity index (χ3v) is 3.21. The molecule has 0 unspecified atom stereocenters. The van der Waals surface area contributed by atoms with Crippen LogP contribution in [0.3, 0.4) is 0 Å². The maximum atomic E-state index is 5.85. The molecule has 1 aromatic heterocycles. The zero-order valence-electron chi connectivity index (χ0n) is 8.82. The quantitative estimate of drug-likeness (QED) is 0.795. The largest absolute Gasteiger partial charge is 0.333 e. The van der Waals surface area contributed by atoms with E-state index in [2.05, 4.69) is 9.55 Å². The Hall–Kier alpha value is -0.830. The predicted octanol–water partition coefficient (Wildman–Crippen LogP) is 2.09. The van der Waals surface area contributed by atoms with Crippen molar-refractivity contribution in [2.45, 2.75) is 45.2 Å². The molecule has 2 N–H and O–H groups in total. The number of rotatable bonds is 4. The van der Waals surface area contributed by atoms with Gasteiger partial charge in [0.1, 0.15) is 0 Å². The smallest absolute Gasteiger partial charge is 0.0948 e. The number of aryl methyl sites for hydroxylation is 1. The first-order valence-electron chi connectivity index (χ1n) is 5.53. The molecule has 1 aromatic rings. The molecular formula is C11H19N3. The van der Waals surface area contributed by atoms with Gasteiger partial charge in [-0.3, -0.25) is 0 Å². The van der Waals surface area contributed by atoms with E-state index in [1.54, 1.807) is 0 Å². The number of hydrogen-bond acceptors (Lipinski definition) is 2. The van der Waals surface area contributed by atoms with Crippen LogP contribution in [0, 0.1) is 5.92 Å². The molecule has 78 valence electrons. The first kappa shape index (κ1) is 9.71. The fourth-order valence-corrected chi connectivity index (χ4v) is 2.00. The molecule has 0 radical (unpaired) electrons. The third kappa shape index (κ3) is 1.98. The van der Waals surface area contributed by atoms with Crippen molar-refractivity contribution in [2.24, 2.45) is 11.7 Å². The molecule has 1 aliphatic rings. The molecule has 0 bridgehead atoms. The van der Waals surface area contributed by atoms with Gasteiger partial charge in [-0.05, 0) is 19.3 Å². The lowest BCUT2D eigenvalue weighted by molar-refractivity contribution is 0.281. The second-order valence-corrected chi connectivity index (χ2v) is 4.39. The van der Waals surface area contributed by atoms with Gasteiger partial charge in [-0.25, -0.2) is 4.98 Å². The highest BCUT2D eigenvalue weighted by atomic mass is 15.1. The number of imidazole rings is 1. The van der Waals surface area contributed by atoms with Gasteiger partial charge in [-0.1, -0.05) is 19.3 Å². The molecule has 1 heterocycles. The molecule has 0 aliphatic heterocycles. The van der Waals surface area contributed by atoms with Crippen LogP contribution in [0.25, 0.3) is 0 Å². The van der Waals surface area contributed by atoms with E-state index in [1.807, 2.05) is 19.4 Å². The maximum Gasteiger partial charge on any atom is 0.0948 e. The Morgan fingerprint density at radius 3 is 3.00 bits per heavy atom. The fourth-order valence-electron chi connectivity index (χ4n) is 2.00. The highest BCUT2D eigenvalue weighted by molar-refractivity contribution is 5.03. The Labute approximate surface area is 85.3 Å². The van der Waals surface area contributed by atoms with E-state index in [9.17, 15) is 0 Å². The van der Waals surface area contributed by atoms with Crippen LogP contribution >= 0.6 is 0 Å². The van der Waals surface area contributed by atoms with Crippen LogP contribution in [-0.4, -0.2) is 9.55 Å². The summed E-state index contributed by atoms with van der Waals surface area (Å²) < 4.78 is 2.20. The third-order valence-electron chi connectivity index (χ3n) is 3.21. The van der Waals surface area contributed by atoms with Crippen molar-refractivity contribution in [1.82, 2.24) is 9.55 Å². The predicted molar refractivity (Wildman–Crippen MR) is 56.8 cm³/mol. The fraction of sp³-hybridized carbons (Fsp3) is 0.727. The molecule has 0 saturated heterocycles. The van der Waals surface area contributed by atoms with Gasteiger partial charge in [-0.15, -0.1) is 0 Å². The Morgan fingerprint density at radius 2 is 2.43 bits per heavy atom. The number of nitrogens with zero attached hydrogens (tertiary/aromatic N) is 2. The summed E-state index contributed by atoms with van der Waals surface area (Å²) in [6.45, 7) is 3.10. The lowest BCUT2D eigenvalue weighted by Crippen LogP contribution is -2.16. The molecule has 3 nitrogen and oxygen atoms in total. The van der Waals surface area contributed by atoms with Gasteiger partial charge in [-0.2, -0.15) is 0 Å². The maximum absolute atomic E-state index is 5.85. The number of hydrogen-bond donors (Lipinski definition) is 1. The molecule has 0 amide bonds. The molecule has 1 fully saturated rings. The van der Waals surface area contributed by atoms with E-state index in [4.69, 9.17) is 5.73 Å². The minimum atomic E-state index is 0.0962. The highest BCUT2D eigenvalue weighted by Crippen LogP contribution is 2.29. The Morgan fingerprint density at radius 1 is 1.64 bits per heavy atom. The summed E-state index contributed by atoms with van der Waals surface area (Å²) in [7, 11) is 0. The second-order valence-electron chi connectivity index (χ2n) is 4.39. The van der Waals surface area contributed by atoms with E-state index < -0.39 is 0 Å². The molecule has 2 rings (SSSR count). The highest BCUT2D eigenvalue weighted by Gasteiger charge is 2.17. The van der Waals surface area contributed by atoms with Crippen molar-refractivity contribution in [1.29, 1.82) is 0 Å². The van der Waals surface area contributed by atoms with Gasteiger partial charge in [0.15, 0.2) is 0 Å². The first-order valence-corrected chi connectivity index (χ1v) is 5.53. The molecule has 1 aliphatic carbocycles. The molecule has 0 spiro atoms. The normalized spacial score (nSPS) is 19.3. The average Bonchev–Trinajstić information content (AvgIpc) is 2.49. The molecule has 14 heavy (non-hydrogen) atoms. The summed E-state index contributed by atoms with van der Waals surface area (Å²) in [4.78, 5) is 4.15. The molecule has 1 atom stereocenters. The summed E-state index contributed by atoms with van der Waals surface area (Å²) >= 11 is 0. The van der Waals surface area contributed by atoms with Crippen molar-refractivity contribution in [3.63, 3.8) is 0 Å². The van der Waals surface area contributed by atoms with E-state index in [0.717, 1.165) is 18.2 Å². The molecular weight excluding hydrogens is 174 g/mol. The Balaban J connectivity index is 1.90. The summed E-state index contributed by atoms with van der Waals surface area (Å²) in [5.74, 6) is 0.957. The van der Waals surface area contributed by atoms with E-state index in [1.165, 1.54) is 25.7 Å². The summed E-state index contributed by atoms with van der Waals surface area (Å²) in [5, 5.41) is 0. The first-order chi connectivity index (χ1) is 6.77. The SMILES string of the molecule is C[C@@H](N)c1cncn1CCC1CCC1.